The average Bonchev–Trinajstić information content (AvgIpc) is 2.54. The Morgan fingerprint density at radius 1 is 1.08 bits per heavy atom. The summed E-state index contributed by atoms with van der Waals surface area (Å²) in [5, 5.41) is 12.6. The van der Waals surface area contributed by atoms with Gasteiger partial charge in [0.2, 0.25) is 5.91 Å². The van der Waals surface area contributed by atoms with Gasteiger partial charge in [-0.2, -0.15) is 0 Å². The van der Waals surface area contributed by atoms with Crippen LogP contribution < -0.4 is 10.1 Å². The first-order valence-electron chi connectivity index (χ1n) is 7.54. The van der Waals surface area contributed by atoms with Crippen LogP contribution in [0.1, 0.15) is 19.4 Å². The average molecular weight is 417 g/mol. The maximum Gasteiger partial charge on any atom is 0.347 e. The second kappa shape index (κ2) is 8.16. The standard InChI is InChI=1S/C18H16Cl3NO4/c1-18(2,17(24)25)26-12-5-3-11(4-6-12)22-15(23)9-10-7-13(19)16(21)14(20)8-10/h3-8H,9H2,1-2H3,(H,22,23)(H,24,25). The van der Waals surface area contributed by atoms with Crippen LogP contribution in [0, 0.1) is 0 Å². The molecule has 2 rings (SSSR count). The van der Waals surface area contributed by atoms with Crippen molar-refractivity contribution in [2.45, 2.75) is 25.9 Å². The van der Waals surface area contributed by atoms with Crippen LogP contribution in [-0.4, -0.2) is 22.6 Å². The second-order valence-corrected chi connectivity index (χ2v) is 7.23. The number of aliphatic carboxylic acids is 1. The lowest BCUT2D eigenvalue weighted by Crippen LogP contribution is -2.37. The van der Waals surface area contributed by atoms with Crippen LogP contribution in [0.4, 0.5) is 5.69 Å². The summed E-state index contributed by atoms with van der Waals surface area (Å²) in [5.74, 6) is -0.958. The first-order chi connectivity index (χ1) is 12.1. The van der Waals surface area contributed by atoms with Crippen LogP contribution in [0.15, 0.2) is 36.4 Å². The Bertz CT molecular complexity index is 812. The fraction of sp³-hybridized carbons (Fsp3) is 0.222. The molecule has 2 N–H and O–H groups in total. The van der Waals surface area contributed by atoms with E-state index in [4.69, 9.17) is 44.6 Å². The molecule has 26 heavy (non-hydrogen) atoms. The molecule has 0 spiro atoms. The van der Waals surface area contributed by atoms with Crippen molar-refractivity contribution >= 4 is 52.4 Å². The molecule has 8 heteroatoms. The fourth-order valence-electron chi connectivity index (χ4n) is 2.05. The third kappa shape index (κ3) is 5.27. The molecule has 1 amide bonds. The number of carboxylic acid groups (broad SMARTS) is 1. The number of benzene rings is 2. The van der Waals surface area contributed by atoms with E-state index in [2.05, 4.69) is 5.32 Å². The van der Waals surface area contributed by atoms with E-state index in [0.29, 0.717) is 17.0 Å². The molecular formula is C18H16Cl3NO4. The van der Waals surface area contributed by atoms with Crippen LogP contribution in [0.25, 0.3) is 0 Å². The minimum Gasteiger partial charge on any atom is -0.478 e. The maximum absolute atomic E-state index is 12.2. The maximum atomic E-state index is 12.2. The van der Waals surface area contributed by atoms with E-state index in [1.165, 1.54) is 13.8 Å². The number of nitrogens with one attached hydrogen (secondary N) is 1. The Morgan fingerprint density at radius 3 is 2.12 bits per heavy atom. The molecule has 5 nitrogen and oxygen atoms in total. The van der Waals surface area contributed by atoms with Gasteiger partial charge in [0.05, 0.1) is 21.5 Å². The molecule has 2 aromatic carbocycles. The van der Waals surface area contributed by atoms with Gasteiger partial charge in [0.1, 0.15) is 5.75 Å². The highest BCUT2D eigenvalue weighted by Crippen LogP contribution is 2.31. The molecule has 0 aliphatic rings. The molecule has 0 aliphatic carbocycles. The second-order valence-electron chi connectivity index (χ2n) is 6.04. The summed E-state index contributed by atoms with van der Waals surface area (Å²) >= 11 is 17.8. The SMILES string of the molecule is CC(C)(Oc1ccc(NC(=O)Cc2cc(Cl)c(Cl)c(Cl)c2)cc1)C(=O)O. The zero-order chi connectivity index (χ0) is 19.5. The number of carbonyl (C=O) groups excluding carboxylic acids is 1. The molecule has 0 atom stereocenters. The quantitative estimate of drug-likeness (QED) is 0.645. The van der Waals surface area contributed by atoms with Gasteiger partial charge >= 0.3 is 5.97 Å². The Balaban J connectivity index is 2.00. The van der Waals surface area contributed by atoms with Crippen molar-refractivity contribution in [3.05, 3.63) is 57.0 Å². The lowest BCUT2D eigenvalue weighted by atomic mass is 10.1. The molecule has 0 aliphatic heterocycles. The molecule has 0 aromatic heterocycles. The van der Waals surface area contributed by atoms with E-state index < -0.39 is 11.6 Å². The van der Waals surface area contributed by atoms with E-state index in [1.807, 2.05) is 0 Å². The van der Waals surface area contributed by atoms with Crippen molar-refractivity contribution < 1.29 is 19.4 Å². The monoisotopic (exact) mass is 415 g/mol. The summed E-state index contributed by atoms with van der Waals surface area (Å²) < 4.78 is 5.40. The van der Waals surface area contributed by atoms with Crippen molar-refractivity contribution in [3.63, 3.8) is 0 Å². The number of anilines is 1. The Kier molecular flexibility index (Phi) is 6.39. The largest absolute Gasteiger partial charge is 0.478 e. The number of carboxylic acids is 1. The number of halogens is 3. The molecule has 138 valence electrons. The normalized spacial score (nSPS) is 11.1. The van der Waals surface area contributed by atoms with Gasteiger partial charge in [-0.25, -0.2) is 4.79 Å². The Hall–Kier alpha value is -1.95. The number of rotatable bonds is 6. The smallest absolute Gasteiger partial charge is 0.347 e. The highest BCUT2D eigenvalue weighted by Gasteiger charge is 2.29. The molecule has 0 unspecified atom stereocenters. The predicted molar refractivity (Wildman–Crippen MR) is 103 cm³/mol. The Morgan fingerprint density at radius 2 is 1.62 bits per heavy atom. The number of amides is 1. The fourth-order valence-corrected chi connectivity index (χ4v) is 2.69. The molecule has 0 saturated carbocycles. The van der Waals surface area contributed by atoms with Crippen LogP contribution >= 0.6 is 34.8 Å². The summed E-state index contributed by atoms with van der Waals surface area (Å²) in [6.45, 7) is 2.90. The van der Waals surface area contributed by atoms with Crippen molar-refractivity contribution in [1.82, 2.24) is 0 Å². The lowest BCUT2D eigenvalue weighted by Gasteiger charge is -2.21. The summed E-state index contributed by atoms with van der Waals surface area (Å²) in [4.78, 5) is 23.2. The molecule has 0 fully saturated rings. The van der Waals surface area contributed by atoms with Crippen LogP contribution in [0.3, 0.4) is 0 Å². The van der Waals surface area contributed by atoms with E-state index in [0.717, 1.165) is 0 Å². The van der Waals surface area contributed by atoms with E-state index in [9.17, 15) is 9.59 Å². The predicted octanol–water partition coefficient (Wildman–Crippen LogP) is 5.07. The molecule has 0 saturated heterocycles. The highest BCUT2D eigenvalue weighted by molar-refractivity contribution is 6.48. The summed E-state index contributed by atoms with van der Waals surface area (Å²) in [5.41, 5.74) is -0.176. The molecular weight excluding hydrogens is 401 g/mol. The number of ether oxygens (including phenoxy) is 1. The van der Waals surface area contributed by atoms with Gasteiger partial charge in [-0.15, -0.1) is 0 Å². The van der Waals surface area contributed by atoms with Crippen molar-refractivity contribution in [2.75, 3.05) is 5.32 Å². The van der Waals surface area contributed by atoms with Gasteiger partial charge in [-0.3, -0.25) is 4.79 Å². The minimum atomic E-state index is -1.35. The van der Waals surface area contributed by atoms with E-state index >= 15 is 0 Å². The van der Waals surface area contributed by atoms with Crippen LogP contribution in [0.2, 0.25) is 15.1 Å². The first-order valence-corrected chi connectivity index (χ1v) is 8.67. The number of hydrogen-bond acceptors (Lipinski definition) is 3. The van der Waals surface area contributed by atoms with Crippen molar-refractivity contribution in [2.24, 2.45) is 0 Å². The summed E-state index contributed by atoms with van der Waals surface area (Å²) in [6.07, 6.45) is 0.0703. The zero-order valence-electron chi connectivity index (χ0n) is 14.0. The zero-order valence-corrected chi connectivity index (χ0v) is 16.2. The summed E-state index contributed by atoms with van der Waals surface area (Å²) in [7, 11) is 0. The van der Waals surface area contributed by atoms with Gasteiger partial charge < -0.3 is 15.2 Å². The van der Waals surface area contributed by atoms with Crippen LogP contribution in [-0.2, 0) is 16.0 Å². The third-order valence-corrected chi connectivity index (χ3v) is 4.63. The van der Waals surface area contributed by atoms with E-state index in [-0.39, 0.29) is 27.4 Å². The topological polar surface area (TPSA) is 75.6 Å². The molecule has 2 aromatic rings. The van der Waals surface area contributed by atoms with Crippen molar-refractivity contribution in [3.8, 4) is 5.75 Å². The van der Waals surface area contributed by atoms with Gasteiger partial charge in [0, 0.05) is 5.69 Å². The van der Waals surface area contributed by atoms with Crippen LogP contribution in [0.5, 0.6) is 5.75 Å². The molecule has 0 radical (unpaired) electrons. The first kappa shape index (κ1) is 20.4. The van der Waals surface area contributed by atoms with Gasteiger partial charge in [0.25, 0.3) is 0 Å². The summed E-state index contributed by atoms with van der Waals surface area (Å²) in [6, 6.07) is 9.56. The van der Waals surface area contributed by atoms with Gasteiger partial charge in [-0.1, -0.05) is 34.8 Å². The van der Waals surface area contributed by atoms with Crippen molar-refractivity contribution in [1.29, 1.82) is 0 Å². The highest BCUT2D eigenvalue weighted by atomic mass is 35.5. The third-order valence-electron chi connectivity index (χ3n) is 3.43. The lowest BCUT2D eigenvalue weighted by molar-refractivity contribution is -0.152. The van der Waals surface area contributed by atoms with Gasteiger partial charge in [0.15, 0.2) is 5.60 Å². The number of carbonyl (C=O) groups is 2. The Labute approximate surface area is 165 Å². The number of hydrogen-bond donors (Lipinski definition) is 2. The molecule has 0 heterocycles. The van der Waals surface area contributed by atoms with Gasteiger partial charge in [-0.05, 0) is 55.8 Å². The minimum absolute atomic E-state index is 0.0703. The molecule has 0 bridgehead atoms. The van der Waals surface area contributed by atoms with E-state index in [1.54, 1.807) is 36.4 Å².